The third-order valence-electron chi connectivity index (χ3n) is 4.51. The van der Waals surface area contributed by atoms with Gasteiger partial charge in [-0.15, -0.1) is 0 Å². The maximum Gasteiger partial charge on any atom is 0.261 e. The third kappa shape index (κ3) is 9.96. The fourth-order valence-corrected chi connectivity index (χ4v) is 4.94. The summed E-state index contributed by atoms with van der Waals surface area (Å²) in [6.07, 6.45) is 1.88. The van der Waals surface area contributed by atoms with E-state index in [0.717, 1.165) is 17.6 Å². The SMILES string of the molecule is C=C(CC)[C@@H](O[Si](C)(C)C)[C@H](C)C(=O)[C@H](C)[C@@H](O/C(=C\C)O[Si](C)(C)C)C(=C)C. The standard InChI is InChI=1S/C23H44O4Si2/c1-14-17(5)23(27-29(11,12)13)19(7)21(24)18(6)22(16(3)4)25-20(15-2)26-28(8,9)10/h15,18-19,22-23H,3,5,14H2,1-2,4,6-13H3/b20-15+/t18-,19+,22-,23+/m0/s1. The van der Waals surface area contributed by atoms with Gasteiger partial charge in [0.05, 0.1) is 12.0 Å². The summed E-state index contributed by atoms with van der Waals surface area (Å²) in [5.74, 6) is -0.113. The normalized spacial score (nSPS) is 17.1. The van der Waals surface area contributed by atoms with Crippen molar-refractivity contribution >= 4 is 22.4 Å². The summed E-state index contributed by atoms with van der Waals surface area (Å²) in [6.45, 7) is 30.6. The van der Waals surface area contributed by atoms with E-state index in [-0.39, 0.29) is 23.7 Å². The number of allylic oxidation sites excluding steroid dienone is 1. The van der Waals surface area contributed by atoms with E-state index in [9.17, 15) is 4.79 Å². The lowest BCUT2D eigenvalue weighted by atomic mass is 9.83. The van der Waals surface area contributed by atoms with Crippen molar-refractivity contribution in [3.8, 4) is 0 Å². The van der Waals surface area contributed by atoms with Crippen molar-refractivity contribution in [3.05, 3.63) is 36.3 Å². The van der Waals surface area contributed by atoms with Gasteiger partial charge in [0, 0.05) is 5.92 Å². The van der Waals surface area contributed by atoms with Crippen molar-refractivity contribution in [1.82, 2.24) is 0 Å². The van der Waals surface area contributed by atoms with Gasteiger partial charge in [0.15, 0.2) is 8.32 Å². The van der Waals surface area contributed by atoms with E-state index in [1.165, 1.54) is 0 Å². The van der Waals surface area contributed by atoms with Crippen LogP contribution in [0.2, 0.25) is 39.3 Å². The minimum Gasteiger partial charge on any atom is -0.520 e. The van der Waals surface area contributed by atoms with Gasteiger partial charge in [0.2, 0.25) is 8.32 Å². The van der Waals surface area contributed by atoms with E-state index >= 15 is 0 Å². The summed E-state index contributed by atoms with van der Waals surface area (Å²) in [6, 6.07) is 0. The molecule has 4 atom stereocenters. The minimum atomic E-state index is -1.84. The smallest absolute Gasteiger partial charge is 0.261 e. The number of Topliss-reactive ketones (excluding diaryl/α,β-unsaturated/α-hetero) is 1. The largest absolute Gasteiger partial charge is 0.520 e. The van der Waals surface area contributed by atoms with Crippen molar-refractivity contribution in [2.24, 2.45) is 11.8 Å². The van der Waals surface area contributed by atoms with E-state index in [1.807, 2.05) is 33.8 Å². The predicted molar refractivity (Wildman–Crippen MR) is 129 cm³/mol. The van der Waals surface area contributed by atoms with Crippen LogP contribution in [-0.2, 0) is 18.4 Å². The molecule has 0 amide bonds. The summed E-state index contributed by atoms with van der Waals surface area (Å²) in [4.78, 5) is 13.4. The molecule has 0 N–H and O–H groups in total. The number of hydrogen-bond donors (Lipinski definition) is 0. The van der Waals surface area contributed by atoms with Crippen LogP contribution in [-0.4, -0.2) is 34.6 Å². The number of rotatable bonds is 13. The Kier molecular flexibility index (Phi) is 10.9. The molecule has 168 valence electrons. The van der Waals surface area contributed by atoms with Gasteiger partial charge in [0.25, 0.3) is 5.95 Å². The van der Waals surface area contributed by atoms with E-state index in [1.54, 1.807) is 0 Å². The summed E-state index contributed by atoms with van der Waals surface area (Å²) in [5.41, 5.74) is 1.76. The van der Waals surface area contributed by atoms with Gasteiger partial charge < -0.3 is 13.6 Å². The topological polar surface area (TPSA) is 44.8 Å². The molecule has 0 unspecified atom stereocenters. The third-order valence-corrected chi connectivity index (χ3v) is 6.29. The lowest BCUT2D eigenvalue weighted by Gasteiger charge is -2.34. The molecule has 0 aliphatic heterocycles. The molecule has 0 bridgehead atoms. The van der Waals surface area contributed by atoms with E-state index in [2.05, 4.69) is 59.4 Å². The van der Waals surface area contributed by atoms with Crippen LogP contribution in [0.15, 0.2) is 36.3 Å². The van der Waals surface area contributed by atoms with Crippen LogP contribution in [0.4, 0.5) is 0 Å². The zero-order valence-corrected chi connectivity index (χ0v) is 22.6. The first-order valence-electron chi connectivity index (χ1n) is 10.6. The Balaban J connectivity index is 5.62. The molecule has 0 fully saturated rings. The molecular weight excluding hydrogens is 396 g/mol. The Morgan fingerprint density at radius 1 is 0.966 bits per heavy atom. The highest BCUT2D eigenvalue weighted by Gasteiger charge is 2.37. The maximum atomic E-state index is 13.4. The van der Waals surface area contributed by atoms with Gasteiger partial charge in [0.1, 0.15) is 11.9 Å². The van der Waals surface area contributed by atoms with Gasteiger partial charge in [-0.25, -0.2) is 0 Å². The van der Waals surface area contributed by atoms with Crippen molar-refractivity contribution in [1.29, 1.82) is 0 Å². The fourth-order valence-electron chi connectivity index (χ4n) is 3.04. The molecule has 0 aromatic rings. The lowest BCUT2D eigenvalue weighted by molar-refractivity contribution is -0.131. The molecule has 0 aliphatic rings. The number of carbonyl (C=O) groups excluding carboxylic acids is 1. The molecule has 0 rings (SSSR count). The Labute approximate surface area is 181 Å². The van der Waals surface area contributed by atoms with Crippen LogP contribution in [0.25, 0.3) is 0 Å². The maximum absolute atomic E-state index is 13.4. The number of ketones is 1. The average molecular weight is 441 g/mol. The Hall–Kier alpha value is -1.12. The van der Waals surface area contributed by atoms with Crippen molar-refractivity contribution in [3.63, 3.8) is 0 Å². The molecule has 0 saturated carbocycles. The zero-order chi connectivity index (χ0) is 23.2. The monoisotopic (exact) mass is 440 g/mol. The van der Waals surface area contributed by atoms with E-state index < -0.39 is 22.7 Å². The Bertz CT molecular complexity index is 611. The van der Waals surface area contributed by atoms with E-state index in [0.29, 0.717) is 5.95 Å². The first-order chi connectivity index (χ1) is 13.0. The summed E-state index contributed by atoms with van der Waals surface area (Å²) >= 11 is 0. The summed E-state index contributed by atoms with van der Waals surface area (Å²) in [7, 11) is -3.66. The second-order valence-corrected chi connectivity index (χ2v) is 18.7. The Morgan fingerprint density at radius 3 is 1.79 bits per heavy atom. The molecule has 29 heavy (non-hydrogen) atoms. The van der Waals surface area contributed by atoms with Crippen molar-refractivity contribution in [2.45, 2.75) is 92.5 Å². The molecule has 4 nitrogen and oxygen atoms in total. The number of ether oxygens (including phenoxy) is 1. The average Bonchev–Trinajstić information content (AvgIpc) is 2.58. The van der Waals surface area contributed by atoms with Crippen LogP contribution in [0.5, 0.6) is 0 Å². The predicted octanol–water partition coefficient (Wildman–Crippen LogP) is 6.69. The Morgan fingerprint density at radius 2 is 1.45 bits per heavy atom. The highest BCUT2D eigenvalue weighted by atomic mass is 28.4. The van der Waals surface area contributed by atoms with Crippen molar-refractivity contribution in [2.75, 3.05) is 0 Å². The molecule has 0 radical (unpaired) electrons. The van der Waals surface area contributed by atoms with Crippen molar-refractivity contribution < 1.29 is 18.4 Å². The second-order valence-electron chi connectivity index (χ2n) is 9.85. The van der Waals surface area contributed by atoms with Gasteiger partial charge in [-0.05, 0) is 76.8 Å². The van der Waals surface area contributed by atoms with E-state index in [4.69, 9.17) is 13.6 Å². The first kappa shape index (κ1) is 27.9. The number of carbonyl (C=O) groups is 1. The second kappa shape index (κ2) is 11.3. The molecule has 0 aromatic heterocycles. The van der Waals surface area contributed by atoms with Gasteiger partial charge in [-0.1, -0.05) is 33.9 Å². The lowest BCUT2D eigenvalue weighted by Crippen LogP contribution is -2.43. The highest BCUT2D eigenvalue weighted by Crippen LogP contribution is 2.29. The van der Waals surface area contributed by atoms with Crippen LogP contribution < -0.4 is 0 Å². The van der Waals surface area contributed by atoms with Gasteiger partial charge in [-0.2, -0.15) is 0 Å². The molecule has 0 aromatic carbocycles. The summed E-state index contributed by atoms with van der Waals surface area (Å²) < 4.78 is 18.5. The van der Waals surface area contributed by atoms with Crippen LogP contribution >= 0.6 is 0 Å². The van der Waals surface area contributed by atoms with Gasteiger partial charge in [-0.3, -0.25) is 4.79 Å². The minimum absolute atomic E-state index is 0.0966. The summed E-state index contributed by atoms with van der Waals surface area (Å²) in [5, 5.41) is 0. The highest BCUT2D eigenvalue weighted by molar-refractivity contribution is 6.70. The molecule has 0 aliphatic carbocycles. The van der Waals surface area contributed by atoms with Crippen LogP contribution in [0.3, 0.4) is 0 Å². The van der Waals surface area contributed by atoms with Crippen LogP contribution in [0.1, 0.15) is 41.0 Å². The first-order valence-corrected chi connectivity index (χ1v) is 17.4. The molecule has 6 heteroatoms. The zero-order valence-electron chi connectivity index (χ0n) is 20.6. The van der Waals surface area contributed by atoms with Gasteiger partial charge >= 0.3 is 0 Å². The molecular formula is C23H44O4Si2. The molecule has 0 heterocycles. The molecule has 0 spiro atoms. The van der Waals surface area contributed by atoms with Crippen LogP contribution in [0, 0.1) is 11.8 Å². The fraction of sp³-hybridized carbons (Fsp3) is 0.696. The molecule has 0 saturated heterocycles. The number of hydrogen-bond acceptors (Lipinski definition) is 4. The quantitative estimate of drug-likeness (QED) is 0.182.